The molecule has 1 saturated heterocycles. The van der Waals surface area contributed by atoms with Crippen LogP contribution in [0.4, 0.5) is 16.0 Å². The van der Waals surface area contributed by atoms with Crippen LogP contribution >= 0.6 is 0 Å². The van der Waals surface area contributed by atoms with Crippen molar-refractivity contribution < 1.29 is 13.9 Å². The van der Waals surface area contributed by atoms with Crippen molar-refractivity contribution in [3.63, 3.8) is 0 Å². The lowest BCUT2D eigenvalue weighted by atomic mass is 10.00. The van der Waals surface area contributed by atoms with Gasteiger partial charge in [-0.05, 0) is 74.2 Å². The van der Waals surface area contributed by atoms with Gasteiger partial charge in [-0.15, -0.1) is 0 Å². The SMILES string of the molecule is CCC(=O)c1cc(CCc2cnc(Nc3ccc(CN4CCCCC4)nc3)nc2)c(F)c(OC)c1. The molecule has 0 amide bonds. The lowest BCUT2D eigenvalue weighted by Crippen LogP contribution is -2.29. The number of aromatic nitrogens is 3. The molecule has 0 aliphatic carbocycles. The van der Waals surface area contributed by atoms with Gasteiger partial charge in [0.1, 0.15) is 0 Å². The second-order valence-electron chi connectivity index (χ2n) is 8.84. The second-order valence-corrected chi connectivity index (χ2v) is 8.84. The van der Waals surface area contributed by atoms with Crippen LogP contribution in [0.25, 0.3) is 0 Å². The van der Waals surface area contributed by atoms with Crippen molar-refractivity contribution in [2.24, 2.45) is 0 Å². The first kappa shape index (κ1) is 24.7. The number of ether oxygens (including phenoxy) is 1. The number of rotatable bonds is 10. The Bertz CT molecular complexity index is 1130. The number of pyridine rings is 1. The molecule has 0 radical (unpaired) electrons. The number of benzene rings is 1. The minimum Gasteiger partial charge on any atom is -0.494 e. The highest BCUT2D eigenvalue weighted by Gasteiger charge is 2.15. The first-order chi connectivity index (χ1) is 17.1. The third-order valence-electron chi connectivity index (χ3n) is 6.28. The molecule has 4 rings (SSSR count). The van der Waals surface area contributed by atoms with Crippen molar-refractivity contribution >= 4 is 17.4 Å². The molecule has 0 saturated carbocycles. The van der Waals surface area contributed by atoms with E-state index in [9.17, 15) is 9.18 Å². The Kier molecular flexibility index (Phi) is 8.36. The van der Waals surface area contributed by atoms with Crippen molar-refractivity contribution in [1.29, 1.82) is 0 Å². The Labute approximate surface area is 205 Å². The number of hydrogen-bond donors (Lipinski definition) is 1. The Morgan fingerprint density at radius 1 is 1.06 bits per heavy atom. The van der Waals surface area contributed by atoms with Crippen LogP contribution in [-0.2, 0) is 19.4 Å². The molecule has 0 bridgehead atoms. The largest absolute Gasteiger partial charge is 0.494 e. The van der Waals surface area contributed by atoms with Gasteiger partial charge in [0.15, 0.2) is 17.3 Å². The maximum atomic E-state index is 14.7. The molecule has 2 aromatic heterocycles. The summed E-state index contributed by atoms with van der Waals surface area (Å²) in [6, 6.07) is 7.10. The van der Waals surface area contributed by atoms with E-state index in [2.05, 4.69) is 25.2 Å². The lowest BCUT2D eigenvalue weighted by molar-refractivity contribution is 0.0987. The molecule has 8 heteroatoms. The summed E-state index contributed by atoms with van der Waals surface area (Å²) in [7, 11) is 1.40. The summed E-state index contributed by atoms with van der Waals surface area (Å²) in [5.41, 5.74) is 3.66. The number of likely N-dealkylation sites (tertiary alicyclic amines) is 1. The van der Waals surface area contributed by atoms with E-state index in [1.165, 1.54) is 32.4 Å². The zero-order valence-electron chi connectivity index (χ0n) is 20.4. The lowest BCUT2D eigenvalue weighted by Gasteiger charge is -2.25. The fourth-order valence-corrected chi connectivity index (χ4v) is 4.25. The van der Waals surface area contributed by atoms with Crippen LogP contribution in [-0.4, -0.2) is 45.8 Å². The van der Waals surface area contributed by atoms with Gasteiger partial charge in [0.2, 0.25) is 5.95 Å². The molecule has 1 aromatic carbocycles. The average Bonchev–Trinajstić information content (AvgIpc) is 2.90. The van der Waals surface area contributed by atoms with Crippen LogP contribution in [0.3, 0.4) is 0 Å². The summed E-state index contributed by atoms with van der Waals surface area (Å²) in [4.78, 5) is 27.9. The summed E-state index contributed by atoms with van der Waals surface area (Å²) >= 11 is 0. The van der Waals surface area contributed by atoms with Crippen LogP contribution in [0.1, 0.15) is 59.8 Å². The van der Waals surface area contributed by atoms with Crippen LogP contribution in [0.5, 0.6) is 5.75 Å². The predicted molar refractivity (Wildman–Crippen MR) is 134 cm³/mol. The van der Waals surface area contributed by atoms with Crippen molar-refractivity contribution in [2.45, 2.75) is 52.0 Å². The maximum Gasteiger partial charge on any atom is 0.227 e. The van der Waals surface area contributed by atoms with E-state index in [1.54, 1.807) is 31.6 Å². The molecule has 7 nitrogen and oxygen atoms in total. The Balaban J connectivity index is 1.34. The molecule has 1 N–H and O–H groups in total. The van der Waals surface area contributed by atoms with Gasteiger partial charge in [-0.1, -0.05) is 13.3 Å². The topological polar surface area (TPSA) is 80.2 Å². The van der Waals surface area contributed by atoms with Crippen molar-refractivity contribution in [3.8, 4) is 5.75 Å². The maximum absolute atomic E-state index is 14.7. The summed E-state index contributed by atoms with van der Waals surface area (Å²) in [5.74, 6) is 0.0845. The van der Waals surface area contributed by atoms with E-state index in [4.69, 9.17) is 4.74 Å². The van der Waals surface area contributed by atoms with Crippen molar-refractivity contribution in [2.75, 3.05) is 25.5 Å². The van der Waals surface area contributed by atoms with Gasteiger partial charge in [0, 0.05) is 30.9 Å². The molecule has 1 fully saturated rings. The highest BCUT2D eigenvalue weighted by molar-refractivity contribution is 5.96. The van der Waals surface area contributed by atoms with Gasteiger partial charge in [0.25, 0.3) is 0 Å². The van der Waals surface area contributed by atoms with E-state index in [1.807, 2.05) is 12.1 Å². The van der Waals surface area contributed by atoms with E-state index < -0.39 is 5.82 Å². The number of Topliss-reactive ketones (excluding diaryl/α,β-unsaturated/α-hetero) is 1. The van der Waals surface area contributed by atoms with Gasteiger partial charge in [0.05, 0.1) is 24.7 Å². The van der Waals surface area contributed by atoms with Gasteiger partial charge >= 0.3 is 0 Å². The number of hydrogen-bond acceptors (Lipinski definition) is 7. The second kappa shape index (κ2) is 11.8. The third-order valence-corrected chi connectivity index (χ3v) is 6.28. The number of halogens is 1. The number of carbonyl (C=O) groups is 1. The van der Waals surface area contributed by atoms with Gasteiger partial charge in [-0.3, -0.25) is 14.7 Å². The molecule has 0 unspecified atom stereocenters. The summed E-state index contributed by atoms with van der Waals surface area (Å²) in [5, 5.41) is 3.17. The normalized spacial score (nSPS) is 14.0. The van der Waals surface area contributed by atoms with E-state index in [0.717, 1.165) is 36.6 Å². The van der Waals surface area contributed by atoms with E-state index >= 15 is 0 Å². The number of anilines is 2. The van der Waals surface area contributed by atoms with Crippen LogP contribution in [0.15, 0.2) is 42.9 Å². The molecule has 1 aliphatic rings. The molecular weight excluding hydrogens is 445 g/mol. The Hall–Kier alpha value is -3.39. The zero-order chi connectivity index (χ0) is 24.6. The summed E-state index contributed by atoms with van der Waals surface area (Å²) < 4.78 is 19.8. The molecule has 0 spiro atoms. The predicted octanol–water partition coefficient (Wildman–Crippen LogP) is 5.13. The minimum absolute atomic E-state index is 0.0441. The number of piperidine rings is 1. The number of ketones is 1. The Morgan fingerprint density at radius 3 is 2.49 bits per heavy atom. The van der Waals surface area contributed by atoms with E-state index in [-0.39, 0.29) is 11.5 Å². The number of aryl methyl sites for hydroxylation is 2. The molecule has 35 heavy (non-hydrogen) atoms. The molecular formula is C27H32FN5O2. The van der Waals surface area contributed by atoms with Gasteiger partial charge in [-0.25, -0.2) is 14.4 Å². The fraction of sp³-hybridized carbons (Fsp3) is 0.407. The minimum atomic E-state index is -0.435. The number of carbonyl (C=O) groups excluding carboxylic acids is 1. The smallest absolute Gasteiger partial charge is 0.227 e. The van der Waals surface area contributed by atoms with Crippen molar-refractivity contribution in [3.05, 3.63) is 71.1 Å². The average molecular weight is 478 g/mol. The van der Waals surface area contributed by atoms with Gasteiger partial charge < -0.3 is 10.1 Å². The fourth-order valence-electron chi connectivity index (χ4n) is 4.25. The molecule has 3 heterocycles. The standard InChI is InChI=1S/C27H32FN5O2/c1-3-24(34)21-13-20(26(28)25(14-21)35-2)8-7-19-15-30-27(31-16-19)32-22-9-10-23(29-17-22)18-33-11-5-4-6-12-33/h9-10,13-17H,3-8,11-12,18H2,1-2H3,(H,30,31,32). The van der Waals surface area contributed by atoms with Crippen molar-refractivity contribution in [1.82, 2.24) is 19.9 Å². The summed E-state index contributed by atoms with van der Waals surface area (Å²) in [6.45, 7) is 4.95. The van der Waals surface area contributed by atoms with Gasteiger partial charge in [-0.2, -0.15) is 0 Å². The van der Waals surface area contributed by atoms with Crippen LogP contribution < -0.4 is 10.1 Å². The number of nitrogens with zero attached hydrogens (tertiary/aromatic N) is 4. The zero-order valence-corrected chi connectivity index (χ0v) is 20.4. The first-order valence-corrected chi connectivity index (χ1v) is 12.2. The first-order valence-electron chi connectivity index (χ1n) is 12.2. The molecule has 1 aliphatic heterocycles. The Morgan fingerprint density at radius 2 is 1.83 bits per heavy atom. The highest BCUT2D eigenvalue weighted by Crippen LogP contribution is 2.25. The molecule has 184 valence electrons. The number of nitrogens with one attached hydrogen (secondary N) is 1. The quantitative estimate of drug-likeness (QED) is 0.406. The number of methoxy groups -OCH3 is 1. The third kappa shape index (κ3) is 6.60. The molecule has 3 aromatic rings. The highest BCUT2D eigenvalue weighted by atomic mass is 19.1. The van der Waals surface area contributed by atoms with E-state index in [0.29, 0.717) is 36.3 Å². The summed E-state index contributed by atoms with van der Waals surface area (Å²) in [6.07, 6.45) is 10.4. The monoisotopic (exact) mass is 477 g/mol. The molecule has 0 atom stereocenters. The van der Waals surface area contributed by atoms with Crippen LogP contribution in [0, 0.1) is 5.82 Å². The van der Waals surface area contributed by atoms with Crippen LogP contribution in [0.2, 0.25) is 0 Å².